The highest BCUT2D eigenvalue weighted by Gasteiger charge is 2.44. The van der Waals surface area contributed by atoms with Gasteiger partial charge in [-0.15, -0.1) is 0 Å². The standard InChI is InChI=1S/C10H14N2O6/c1-12-2-4(9(16)11-10(12)17)8-7(15)6(14)5(3-13)18-8/h2,5-8,13-15H,3H2,1H3,(H,11,16,17). The number of aromatic amines is 1. The largest absolute Gasteiger partial charge is 0.394 e. The number of H-pyrrole nitrogens is 1. The summed E-state index contributed by atoms with van der Waals surface area (Å²) in [6, 6.07) is 0. The van der Waals surface area contributed by atoms with Gasteiger partial charge in [0.1, 0.15) is 24.4 Å². The molecule has 4 atom stereocenters. The zero-order chi connectivity index (χ0) is 13.4. The van der Waals surface area contributed by atoms with Gasteiger partial charge in [-0.1, -0.05) is 0 Å². The molecule has 0 saturated carbocycles. The first kappa shape index (κ1) is 13.0. The minimum atomic E-state index is -1.33. The number of ether oxygens (including phenoxy) is 1. The molecule has 0 aliphatic carbocycles. The summed E-state index contributed by atoms with van der Waals surface area (Å²) in [5.41, 5.74) is -1.25. The first-order valence-electron chi connectivity index (χ1n) is 5.38. The molecule has 100 valence electrons. The lowest BCUT2D eigenvalue weighted by Crippen LogP contribution is -2.35. The van der Waals surface area contributed by atoms with Gasteiger partial charge in [0.05, 0.1) is 12.2 Å². The van der Waals surface area contributed by atoms with Gasteiger partial charge in [-0.2, -0.15) is 0 Å². The van der Waals surface area contributed by atoms with E-state index >= 15 is 0 Å². The lowest BCUT2D eigenvalue weighted by atomic mass is 10.0. The van der Waals surface area contributed by atoms with Crippen LogP contribution in [0, 0.1) is 0 Å². The Bertz CT molecular complexity index is 550. The molecular weight excluding hydrogens is 244 g/mol. The van der Waals surface area contributed by atoms with Gasteiger partial charge in [0.25, 0.3) is 5.56 Å². The van der Waals surface area contributed by atoms with Crippen LogP contribution in [0.5, 0.6) is 0 Å². The molecule has 2 rings (SSSR count). The quantitative estimate of drug-likeness (QED) is 0.455. The van der Waals surface area contributed by atoms with E-state index in [2.05, 4.69) is 4.98 Å². The average molecular weight is 258 g/mol. The SMILES string of the molecule is Cn1cc(C2OC(CO)C(O)C2O)c(=O)[nH]c1=O. The topological polar surface area (TPSA) is 125 Å². The van der Waals surface area contributed by atoms with Crippen molar-refractivity contribution in [1.82, 2.24) is 9.55 Å². The number of aryl methyl sites for hydroxylation is 1. The normalized spacial score (nSPS) is 31.8. The molecule has 4 N–H and O–H groups in total. The number of hydrogen-bond donors (Lipinski definition) is 4. The molecular formula is C10H14N2O6. The Kier molecular flexibility index (Phi) is 3.35. The molecule has 4 unspecified atom stereocenters. The van der Waals surface area contributed by atoms with E-state index in [9.17, 15) is 19.8 Å². The Balaban J connectivity index is 2.42. The molecule has 1 fully saturated rings. The monoisotopic (exact) mass is 258 g/mol. The molecule has 8 nitrogen and oxygen atoms in total. The van der Waals surface area contributed by atoms with Crippen molar-refractivity contribution in [2.24, 2.45) is 7.05 Å². The van der Waals surface area contributed by atoms with Gasteiger partial charge in [0.2, 0.25) is 0 Å². The summed E-state index contributed by atoms with van der Waals surface area (Å²) in [5.74, 6) is 0. The summed E-state index contributed by atoms with van der Waals surface area (Å²) in [7, 11) is 1.43. The van der Waals surface area contributed by atoms with E-state index in [-0.39, 0.29) is 5.56 Å². The summed E-state index contributed by atoms with van der Waals surface area (Å²) in [6.07, 6.45) is -3.41. The maximum atomic E-state index is 11.6. The van der Waals surface area contributed by atoms with Crippen LogP contribution in [-0.4, -0.2) is 49.8 Å². The predicted molar refractivity (Wildman–Crippen MR) is 59.0 cm³/mol. The second-order valence-electron chi connectivity index (χ2n) is 4.21. The molecule has 1 aliphatic rings. The number of aromatic nitrogens is 2. The van der Waals surface area contributed by atoms with Crippen LogP contribution in [0.25, 0.3) is 0 Å². The smallest absolute Gasteiger partial charge is 0.328 e. The Hall–Kier alpha value is -1.48. The molecule has 0 radical (unpaired) electrons. The van der Waals surface area contributed by atoms with Crippen molar-refractivity contribution < 1.29 is 20.1 Å². The van der Waals surface area contributed by atoms with E-state index < -0.39 is 42.3 Å². The molecule has 0 bridgehead atoms. The molecule has 0 aromatic carbocycles. The third-order valence-corrected chi connectivity index (χ3v) is 2.98. The van der Waals surface area contributed by atoms with Gasteiger partial charge in [0.15, 0.2) is 0 Å². The van der Waals surface area contributed by atoms with E-state index in [0.29, 0.717) is 0 Å². The minimum Gasteiger partial charge on any atom is -0.394 e. The van der Waals surface area contributed by atoms with Gasteiger partial charge < -0.3 is 24.6 Å². The van der Waals surface area contributed by atoms with E-state index in [1.807, 2.05) is 0 Å². The highest BCUT2D eigenvalue weighted by atomic mass is 16.6. The lowest BCUT2D eigenvalue weighted by molar-refractivity contribution is -0.0233. The van der Waals surface area contributed by atoms with Crippen LogP contribution < -0.4 is 11.2 Å². The van der Waals surface area contributed by atoms with Gasteiger partial charge in [-0.25, -0.2) is 4.79 Å². The summed E-state index contributed by atoms with van der Waals surface area (Å²) < 4.78 is 6.34. The van der Waals surface area contributed by atoms with Crippen molar-refractivity contribution in [3.63, 3.8) is 0 Å². The highest BCUT2D eigenvalue weighted by Crippen LogP contribution is 2.31. The van der Waals surface area contributed by atoms with Crippen LogP contribution in [0.15, 0.2) is 15.8 Å². The minimum absolute atomic E-state index is 0.0274. The van der Waals surface area contributed by atoms with Crippen molar-refractivity contribution in [2.75, 3.05) is 6.61 Å². The molecule has 2 heterocycles. The van der Waals surface area contributed by atoms with Crippen LogP contribution in [-0.2, 0) is 11.8 Å². The second kappa shape index (κ2) is 4.65. The fourth-order valence-electron chi connectivity index (χ4n) is 1.94. The van der Waals surface area contributed by atoms with Crippen LogP contribution in [0.2, 0.25) is 0 Å². The van der Waals surface area contributed by atoms with Crippen molar-refractivity contribution >= 4 is 0 Å². The molecule has 0 spiro atoms. The summed E-state index contributed by atoms with van der Waals surface area (Å²) in [5, 5.41) is 28.3. The van der Waals surface area contributed by atoms with Crippen molar-refractivity contribution in [3.05, 3.63) is 32.6 Å². The Morgan fingerprint density at radius 1 is 1.39 bits per heavy atom. The summed E-state index contributed by atoms with van der Waals surface area (Å²) >= 11 is 0. The van der Waals surface area contributed by atoms with Crippen LogP contribution in [0.1, 0.15) is 11.7 Å². The number of nitrogens with zero attached hydrogens (tertiary/aromatic N) is 1. The van der Waals surface area contributed by atoms with Crippen molar-refractivity contribution in [1.29, 1.82) is 0 Å². The molecule has 0 amide bonds. The van der Waals surface area contributed by atoms with Gasteiger partial charge in [-0.05, 0) is 0 Å². The van der Waals surface area contributed by atoms with Gasteiger partial charge in [0, 0.05) is 13.2 Å². The fourth-order valence-corrected chi connectivity index (χ4v) is 1.94. The maximum absolute atomic E-state index is 11.6. The van der Waals surface area contributed by atoms with Crippen molar-refractivity contribution in [2.45, 2.75) is 24.4 Å². The van der Waals surface area contributed by atoms with Crippen LogP contribution in [0.3, 0.4) is 0 Å². The third kappa shape index (κ3) is 1.99. The van der Waals surface area contributed by atoms with E-state index in [1.54, 1.807) is 0 Å². The Labute approximate surface area is 101 Å². The lowest BCUT2D eigenvalue weighted by Gasteiger charge is -2.14. The van der Waals surface area contributed by atoms with E-state index in [0.717, 1.165) is 4.57 Å². The van der Waals surface area contributed by atoms with Gasteiger partial charge in [-0.3, -0.25) is 9.78 Å². The zero-order valence-electron chi connectivity index (χ0n) is 9.61. The van der Waals surface area contributed by atoms with Crippen molar-refractivity contribution in [3.8, 4) is 0 Å². The predicted octanol–water partition coefficient (Wildman–Crippen LogP) is -2.77. The zero-order valence-corrected chi connectivity index (χ0v) is 9.61. The average Bonchev–Trinajstić information content (AvgIpc) is 2.61. The highest BCUT2D eigenvalue weighted by molar-refractivity contribution is 5.14. The number of aliphatic hydroxyl groups excluding tert-OH is 3. The molecule has 8 heteroatoms. The Morgan fingerprint density at radius 3 is 2.61 bits per heavy atom. The molecule has 1 saturated heterocycles. The van der Waals surface area contributed by atoms with Crippen LogP contribution >= 0.6 is 0 Å². The van der Waals surface area contributed by atoms with Crippen LogP contribution in [0.4, 0.5) is 0 Å². The van der Waals surface area contributed by atoms with E-state index in [4.69, 9.17) is 9.84 Å². The Morgan fingerprint density at radius 2 is 2.06 bits per heavy atom. The number of nitrogens with one attached hydrogen (secondary N) is 1. The fraction of sp³-hybridized carbons (Fsp3) is 0.600. The summed E-state index contributed by atoms with van der Waals surface area (Å²) in [6.45, 7) is -0.474. The number of aliphatic hydroxyl groups is 3. The third-order valence-electron chi connectivity index (χ3n) is 2.98. The number of hydrogen-bond acceptors (Lipinski definition) is 6. The first-order chi connectivity index (χ1) is 8.45. The van der Waals surface area contributed by atoms with E-state index in [1.165, 1.54) is 13.2 Å². The molecule has 1 aromatic rings. The second-order valence-corrected chi connectivity index (χ2v) is 4.21. The first-order valence-corrected chi connectivity index (χ1v) is 5.38. The molecule has 1 aliphatic heterocycles. The number of rotatable bonds is 2. The summed E-state index contributed by atoms with van der Waals surface area (Å²) in [4.78, 5) is 24.9. The molecule has 18 heavy (non-hydrogen) atoms. The molecule has 1 aromatic heterocycles. The van der Waals surface area contributed by atoms with Gasteiger partial charge >= 0.3 is 5.69 Å². The maximum Gasteiger partial charge on any atom is 0.328 e.